The second-order valence-electron chi connectivity index (χ2n) is 3.80. The summed E-state index contributed by atoms with van der Waals surface area (Å²) in [5, 5.41) is 0. The second kappa shape index (κ2) is 3.93. The van der Waals surface area contributed by atoms with Crippen LogP contribution in [-0.2, 0) is 0 Å². The summed E-state index contributed by atoms with van der Waals surface area (Å²) in [4.78, 5) is 2.17. The minimum atomic E-state index is 0.763. The molecule has 0 spiro atoms. The summed E-state index contributed by atoms with van der Waals surface area (Å²) < 4.78 is 0. The topological polar surface area (TPSA) is 3.24 Å². The highest BCUT2D eigenvalue weighted by atomic mass is 15.1. The molecule has 1 aromatic rings. The van der Waals surface area contributed by atoms with Crippen LogP contribution < -0.4 is 0 Å². The van der Waals surface area contributed by atoms with Crippen LogP contribution in [0.2, 0.25) is 0 Å². The average Bonchev–Trinajstić information content (AvgIpc) is 2.20. The maximum absolute atomic E-state index is 3.96. The lowest BCUT2D eigenvalue weighted by molar-refractivity contribution is 0.280. The molecular weight excluding hydrogens is 158 g/mol. The van der Waals surface area contributed by atoms with E-state index in [1.165, 1.54) is 18.4 Å². The third-order valence-electron chi connectivity index (χ3n) is 2.86. The van der Waals surface area contributed by atoms with Crippen LogP contribution in [0.15, 0.2) is 30.3 Å². The Morgan fingerprint density at radius 1 is 1.08 bits per heavy atom. The van der Waals surface area contributed by atoms with Gasteiger partial charge in [0.25, 0.3) is 0 Å². The van der Waals surface area contributed by atoms with Gasteiger partial charge >= 0.3 is 0 Å². The average molecular weight is 174 g/mol. The molecule has 0 aliphatic carbocycles. The summed E-state index contributed by atoms with van der Waals surface area (Å²) in [6.07, 6.45) is 2.51. The summed E-state index contributed by atoms with van der Waals surface area (Å²) in [5.74, 6) is 0.763. The van der Waals surface area contributed by atoms with Gasteiger partial charge in [-0.1, -0.05) is 30.3 Å². The van der Waals surface area contributed by atoms with E-state index in [-0.39, 0.29) is 0 Å². The number of hydrogen-bond donors (Lipinski definition) is 0. The van der Waals surface area contributed by atoms with E-state index in [9.17, 15) is 0 Å². The normalized spacial score (nSPS) is 20.4. The van der Waals surface area contributed by atoms with Crippen LogP contribution in [-0.4, -0.2) is 18.0 Å². The third-order valence-corrected chi connectivity index (χ3v) is 2.86. The van der Waals surface area contributed by atoms with Gasteiger partial charge in [0.2, 0.25) is 0 Å². The van der Waals surface area contributed by atoms with Gasteiger partial charge in [0.1, 0.15) is 0 Å². The highest BCUT2D eigenvalue weighted by Crippen LogP contribution is 2.26. The minimum Gasteiger partial charge on any atom is -0.459 e. The molecule has 1 fully saturated rings. The predicted octanol–water partition coefficient (Wildman–Crippen LogP) is 2.66. The largest absolute Gasteiger partial charge is 0.459 e. The molecule has 0 N–H and O–H groups in total. The summed E-state index contributed by atoms with van der Waals surface area (Å²) in [7, 11) is 3.96. The summed E-state index contributed by atoms with van der Waals surface area (Å²) in [5.41, 5.74) is 1.50. The Hall–Kier alpha value is -0.820. The molecule has 0 aromatic heterocycles. The first-order valence-electron chi connectivity index (χ1n) is 4.96. The molecule has 1 aliphatic rings. The highest BCUT2D eigenvalue weighted by Gasteiger charge is 2.14. The van der Waals surface area contributed by atoms with Gasteiger partial charge in [0.05, 0.1) is 0 Å². The van der Waals surface area contributed by atoms with Crippen molar-refractivity contribution >= 4 is 0 Å². The standard InChI is InChI=1S/C12H16N/c1-13-9-7-12(8-10-13)11-5-3-2-4-6-11/h2-6,12H,1,7-10H2/q-1. The summed E-state index contributed by atoms with van der Waals surface area (Å²) in [6, 6.07) is 10.8. The molecule has 1 aromatic carbocycles. The van der Waals surface area contributed by atoms with E-state index >= 15 is 0 Å². The van der Waals surface area contributed by atoms with Gasteiger partial charge in [-0.2, -0.15) is 0 Å². The van der Waals surface area contributed by atoms with E-state index in [0.29, 0.717) is 0 Å². The Labute approximate surface area is 80.4 Å². The molecule has 1 heteroatoms. The maximum atomic E-state index is 3.96. The number of likely N-dealkylation sites (tertiary alicyclic amines) is 1. The zero-order valence-corrected chi connectivity index (χ0v) is 7.95. The smallest absolute Gasteiger partial charge is 0.0139 e. The van der Waals surface area contributed by atoms with Gasteiger partial charge < -0.3 is 4.90 Å². The first-order chi connectivity index (χ1) is 6.36. The number of hydrogen-bond acceptors (Lipinski definition) is 1. The van der Waals surface area contributed by atoms with Gasteiger partial charge in [-0.25, -0.2) is 0 Å². The maximum Gasteiger partial charge on any atom is -0.0139 e. The van der Waals surface area contributed by atoms with Crippen molar-refractivity contribution in [1.29, 1.82) is 0 Å². The molecule has 0 amide bonds. The fourth-order valence-corrected chi connectivity index (χ4v) is 1.99. The number of nitrogens with zero attached hydrogens (tertiary/aromatic N) is 1. The Bertz CT molecular complexity index is 247. The fraction of sp³-hybridized carbons (Fsp3) is 0.417. The number of rotatable bonds is 1. The Morgan fingerprint density at radius 3 is 2.31 bits per heavy atom. The molecule has 1 saturated heterocycles. The fourth-order valence-electron chi connectivity index (χ4n) is 1.99. The Kier molecular flexibility index (Phi) is 2.65. The molecule has 13 heavy (non-hydrogen) atoms. The first kappa shape index (κ1) is 8.76. The van der Waals surface area contributed by atoms with Crippen molar-refractivity contribution < 1.29 is 0 Å². The second-order valence-corrected chi connectivity index (χ2v) is 3.80. The molecule has 0 bridgehead atoms. The molecule has 0 radical (unpaired) electrons. The molecule has 2 rings (SSSR count). The van der Waals surface area contributed by atoms with Crippen LogP contribution in [0.1, 0.15) is 24.3 Å². The van der Waals surface area contributed by atoms with E-state index in [1.807, 2.05) is 0 Å². The van der Waals surface area contributed by atoms with Crippen molar-refractivity contribution in [1.82, 2.24) is 4.90 Å². The SMILES string of the molecule is [CH2-]N1CCC(c2ccccc2)CC1. The predicted molar refractivity (Wildman–Crippen MR) is 55.3 cm³/mol. The number of benzene rings is 1. The lowest BCUT2D eigenvalue weighted by Gasteiger charge is -2.34. The van der Waals surface area contributed by atoms with Crippen molar-refractivity contribution in [3.05, 3.63) is 42.9 Å². The van der Waals surface area contributed by atoms with Crippen molar-refractivity contribution in [2.75, 3.05) is 13.1 Å². The van der Waals surface area contributed by atoms with Crippen molar-refractivity contribution in [3.8, 4) is 0 Å². The van der Waals surface area contributed by atoms with Crippen molar-refractivity contribution in [3.63, 3.8) is 0 Å². The molecule has 1 nitrogen and oxygen atoms in total. The zero-order chi connectivity index (χ0) is 9.10. The first-order valence-corrected chi connectivity index (χ1v) is 4.96. The van der Waals surface area contributed by atoms with Crippen molar-refractivity contribution in [2.24, 2.45) is 0 Å². The molecule has 70 valence electrons. The summed E-state index contributed by atoms with van der Waals surface area (Å²) >= 11 is 0. The van der Waals surface area contributed by atoms with Crippen LogP contribution in [0.25, 0.3) is 0 Å². The van der Waals surface area contributed by atoms with Gasteiger partial charge in [0.15, 0.2) is 0 Å². The van der Waals surface area contributed by atoms with Crippen molar-refractivity contribution in [2.45, 2.75) is 18.8 Å². The van der Waals surface area contributed by atoms with Gasteiger partial charge in [-0.05, 0) is 37.4 Å². The Morgan fingerprint density at radius 2 is 1.69 bits per heavy atom. The minimum absolute atomic E-state index is 0.763. The lowest BCUT2D eigenvalue weighted by atomic mass is 9.90. The van der Waals surface area contributed by atoms with E-state index in [1.54, 1.807) is 0 Å². The quantitative estimate of drug-likeness (QED) is 0.592. The molecule has 0 unspecified atom stereocenters. The van der Waals surface area contributed by atoms with Gasteiger partial charge in [0, 0.05) is 0 Å². The van der Waals surface area contributed by atoms with Crippen LogP contribution >= 0.6 is 0 Å². The van der Waals surface area contributed by atoms with Crippen LogP contribution in [0, 0.1) is 7.05 Å². The number of piperidine rings is 1. The molecule has 0 saturated carbocycles. The molecular formula is C12H16N-. The van der Waals surface area contributed by atoms with E-state index in [2.05, 4.69) is 42.3 Å². The Balaban J connectivity index is 2.03. The zero-order valence-electron chi connectivity index (χ0n) is 7.95. The summed E-state index contributed by atoms with van der Waals surface area (Å²) in [6.45, 7) is 2.28. The molecule has 1 heterocycles. The monoisotopic (exact) mass is 174 g/mol. The van der Waals surface area contributed by atoms with E-state index in [4.69, 9.17) is 0 Å². The van der Waals surface area contributed by atoms with E-state index in [0.717, 1.165) is 19.0 Å². The lowest BCUT2D eigenvalue weighted by Crippen LogP contribution is -2.27. The van der Waals surface area contributed by atoms with Crippen LogP contribution in [0.3, 0.4) is 0 Å². The van der Waals surface area contributed by atoms with Gasteiger partial charge in [-0.3, -0.25) is 7.05 Å². The van der Waals surface area contributed by atoms with Gasteiger partial charge in [-0.15, -0.1) is 0 Å². The van der Waals surface area contributed by atoms with Crippen LogP contribution in [0.5, 0.6) is 0 Å². The van der Waals surface area contributed by atoms with E-state index < -0.39 is 0 Å². The third kappa shape index (κ3) is 2.10. The molecule has 0 atom stereocenters. The van der Waals surface area contributed by atoms with Crippen LogP contribution in [0.4, 0.5) is 0 Å². The highest BCUT2D eigenvalue weighted by molar-refractivity contribution is 5.19. The molecule has 1 aliphatic heterocycles.